The Bertz CT molecular complexity index is 242. The van der Waals surface area contributed by atoms with Gasteiger partial charge in [-0.3, -0.25) is 0 Å². The second kappa shape index (κ2) is 3.25. The highest BCUT2D eigenvalue weighted by Gasteiger charge is 2.22. The van der Waals surface area contributed by atoms with E-state index < -0.39 is 0 Å². The van der Waals surface area contributed by atoms with Crippen LogP contribution in [0.3, 0.4) is 0 Å². The molecular formula is C8H12BrNS. The molecule has 0 fully saturated rings. The summed E-state index contributed by atoms with van der Waals surface area (Å²) in [4.78, 5) is 1.33. The minimum atomic E-state index is 0.104. The Labute approximate surface area is 79.7 Å². The molecule has 0 aliphatic heterocycles. The summed E-state index contributed by atoms with van der Waals surface area (Å²) in [6.07, 6.45) is 0. The number of rotatable bonds is 2. The highest BCUT2D eigenvalue weighted by atomic mass is 79.9. The Morgan fingerprint density at radius 3 is 2.64 bits per heavy atom. The van der Waals surface area contributed by atoms with E-state index in [9.17, 15) is 0 Å². The normalized spacial score (nSPS) is 12.0. The van der Waals surface area contributed by atoms with Gasteiger partial charge in [0.05, 0.1) is 0 Å². The van der Waals surface area contributed by atoms with Crippen LogP contribution in [0.25, 0.3) is 0 Å². The van der Waals surface area contributed by atoms with Gasteiger partial charge < -0.3 is 5.73 Å². The highest BCUT2D eigenvalue weighted by Crippen LogP contribution is 2.33. The second-order valence-corrected chi connectivity index (χ2v) is 4.96. The van der Waals surface area contributed by atoms with Crippen LogP contribution in [-0.4, -0.2) is 6.54 Å². The van der Waals surface area contributed by atoms with Gasteiger partial charge >= 0.3 is 0 Å². The highest BCUT2D eigenvalue weighted by molar-refractivity contribution is 9.10. The first kappa shape index (κ1) is 9.23. The number of thiophene rings is 1. The molecule has 1 rings (SSSR count). The lowest BCUT2D eigenvalue weighted by Crippen LogP contribution is -2.27. The molecule has 0 spiro atoms. The maximum atomic E-state index is 5.65. The van der Waals surface area contributed by atoms with E-state index in [0.29, 0.717) is 6.54 Å². The largest absolute Gasteiger partial charge is 0.330 e. The van der Waals surface area contributed by atoms with Crippen molar-refractivity contribution in [2.45, 2.75) is 19.3 Å². The molecule has 1 heterocycles. The molecule has 11 heavy (non-hydrogen) atoms. The van der Waals surface area contributed by atoms with Gasteiger partial charge in [0.25, 0.3) is 0 Å². The third-order valence-electron chi connectivity index (χ3n) is 1.74. The molecule has 3 heteroatoms. The van der Waals surface area contributed by atoms with E-state index in [1.807, 2.05) is 0 Å². The summed E-state index contributed by atoms with van der Waals surface area (Å²) < 4.78 is 1.18. The Kier molecular flexibility index (Phi) is 2.73. The van der Waals surface area contributed by atoms with Gasteiger partial charge in [-0.25, -0.2) is 0 Å². The molecular weight excluding hydrogens is 222 g/mol. The summed E-state index contributed by atoms with van der Waals surface area (Å²) in [7, 11) is 0. The molecule has 0 aromatic carbocycles. The summed E-state index contributed by atoms with van der Waals surface area (Å²) in [5, 5.41) is 2.08. The van der Waals surface area contributed by atoms with Crippen molar-refractivity contribution in [2.24, 2.45) is 5.73 Å². The van der Waals surface area contributed by atoms with Crippen molar-refractivity contribution in [3.8, 4) is 0 Å². The van der Waals surface area contributed by atoms with E-state index in [4.69, 9.17) is 5.73 Å². The molecule has 0 saturated heterocycles. The molecule has 0 aliphatic carbocycles. The van der Waals surface area contributed by atoms with Crippen LogP contribution >= 0.6 is 27.3 Å². The summed E-state index contributed by atoms with van der Waals surface area (Å²) in [6, 6.07) is 2.07. The summed E-state index contributed by atoms with van der Waals surface area (Å²) in [5.41, 5.74) is 5.76. The predicted octanol–water partition coefficient (Wildman–Crippen LogP) is 2.75. The topological polar surface area (TPSA) is 26.0 Å². The van der Waals surface area contributed by atoms with Gasteiger partial charge in [0.1, 0.15) is 0 Å². The first-order valence-corrected chi connectivity index (χ1v) is 5.19. The van der Waals surface area contributed by atoms with Crippen LogP contribution in [0, 0.1) is 0 Å². The Morgan fingerprint density at radius 1 is 1.64 bits per heavy atom. The molecule has 0 radical (unpaired) electrons. The Balaban J connectivity index is 3.00. The van der Waals surface area contributed by atoms with Crippen molar-refractivity contribution in [1.82, 2.24) is 0 Å². The first-order chi connectivity index (χ1) is 5.08. The van der Waals surface area contributed by atoms with Gasteiger partial charge in [0, 0.05) is 21.3 Å². The average Bonchev–Trinajstić information content (AvgIpc) is 2.36. The zero-order chi connectivity index (χ0) is 8.48. The maximum absolute atomic E-state index is 5.65. The van der Waals surface area contributed by atoms with Gasteiger partial charge in [0.15, 0.2) is 0 Å². The monoisotopic (exact) mass is 233 g/mol. The third-order valence-corrected chi connectivity index (χ3v) is 3.95. The lowest BCUT2D eigenvalue weighted by Gasteiger charge is -2.21. The molecule has 0 unspecified atom stereocenters. The minimum Gasteiger partial charge on any atom is -0.330 e. The van der Waals surface area contributed by atoms with Gasteiger partial charge in [-0.2, -0.15) is 0 Å². The molecule has 1 nitrogen and oxygen atoms in total. The first-order valence-electron chi connectivity index (χ1n) is 3.51. The van der Waals surface area contributed by atoms with Crippen LogP contribution in [0.2, 0.25) is 0 Å². The lowest BCUT2D eigenvalue weighted by molar-refractivity contribution is 0.548. The van der Waals surface area contributed by atoms with E-state index >= 15 is 0 Å². The molecule has 0 atom stereocenters. The van der Waals surface area contributed by atoms with Crippen molar-refractivity contribution < 1.29 is 0 Å². The SMILES string of the molecule is CC(C)(CN)c1sccc1Br. The van der Waals surface area contributed by atoms with Gasteiger partial charge in [0.2, 0.25) is 0 Å². The number of nitrogens with two attached hydrogens (primary N) is 1. The van der Waals surface area contributed by atoms with Crippen LogP contribution in [-0.2, 0) is 5.41 Å². The zero-order valence-electron chi connectivity index (χ0n) is 6.73. The third kappa shape index (κ3) is 1.83. The summed E-state index contributed by atoms with van der Waals surface area (Å²) in [5.74, 6) is 0. The van der Waals surface area contributed by atoms with Gasteiger partial charge in [-0.1, -0.05) is 13.8 Å². The number of hydrogen-bond acceptors (Lipinski definition) is 2. The van der Waals surface area contributed by atoms with Crippen molar-refractivity contribution >= 4 is 27.3 Å². The predicted molar refractivity (Wildman–Crippen MR) is 54.1 cm³/mol. The molecule has 1 aromatic rings. The standard InChI is InChI=1S/C8H12BrNS/c1-8(2,5-10)7-6(9)3-4-11-7/h3-4H,5,10H2,1-2H3. The minimum absolute atomic E-state index is 0.104. The average molecular weight is 234 g/mol. The molecule has 0 amide bonds. The fourth-order valence-electron chi connectivity index (χ4n) is 0.869. The van der Waals surface area contributed by atoms with E-state index in [1.165, 1.54) is 9.35 Å². The van der Waals surface area contributed by atoms with Crippen molar-refractivity contribution in [3.05, 3.63) is 20.8 Å². The van der Waals surface area contributed by atoms with Gasteiger partial charge in [-0.05, 0) is 27.4 Å². The molecule has 62 valence electrons. The fraction of sp³-hybridized carbons (Fsp3) is 0.500. The number of halogens is 1. The second-order valence-electron chi connectivity index (χ2n) is 3.19. The molecule has 2 N–H and O–H groups in total. The van der Waals surface area contributed by atoms with E-state index in [-0.39, 0.29) is 5.41 Å². The maximum Gasteiger partial charge on any atom is 0.0320 e. The van der Waals surface area contributed by atoms with Crippen LogP contribution < -0.4 is 5.73 Å². The lowest BCUT2D eigenvalue weighted by atomic mass is 9.92. The van der Waals surface area contributed by atoms with Crippen LogP contribution in [0.5, 0.6) is 0 Å². The van der Waals surface area contributed by atoms with E-state index in [1.54, 1.807) is 11.3 Å². The Morgan fingerprint density at radius 2 is 2.27 bits per heavy atom. The molecule has 0 bridgehead atoms. The van der Waals surface area contributed by atoms with Crippen molar-refractivity contribution in [2.75, 3.05) is 6.54 Å². The number of hydrogen-bond donors (Lipinski definition) is 1. The molecule has 1 aromatic heterocycles. The van der Waals surface area contributed by atoms with Crippen LogP contribution in [0.1, 0.15) is 18.7 Å². The Hall–Kier alpha value is 0.140. The zero-order valence-corrected chi connectivity index (χ0v) is 9.13. The van der Waals surface area contributed by atoms with E-state index in [0.717, 1.165) is 0 Å². The van der Waals surface area contributed by atoms with Crippen molar-refractivity contribution in [1.29, 1.82) is 0 Å². The molecule has 0 aliphatic rings. The summed E-state index contributed by atoms with van der Waals surface area (Å²) in [6.45, 7) is 5.00. The van der Waals surface area contributed by atoms with Crippen LogP contribution in [0.15, 0.2) is 15.9 Å². The van der Waals surface area contributed by atoms with Gasteiger partial charge in [-0.15, -0.1) is 11.3 Å². The van der Waals surface area contributed by atoms with Crippen molar-refractivity contribution in [3.63, 3.8) is 0 Å². The fourth-order valence-corrected chi connectivity index (χ4v) is 2.92. The quantitative estimate of drug-likeness (QED) is 0.836. The molecule has 0 saturated carbocycles. The van der Waals surface area contributed by atoms with Crippen LogP contribution in [0.4, 0.5) is 0 Å². The smallest absolute Gasteiger partial charge is 0.0320 e. The van der Waals surface area contributed by atoms with E-state index in [2.05, 4.69) is 41.2 Å². The summed E-state index contributed by atoms with van der Waals surface area (Å²) >= 11 is 5.25.